The molecule has 1 aromatic carbocycles. The number of carbonyl (C=O) groups is 1. The zero-order valence-corrected chi connectivity index (χ0v) is 10.5. The number of aliphatic carboxylic acids is 1. The Bertz CT molecular complexity index is 665. The number of carboxylic acid groups (broad SMARTS) is 1. The van der Waals surface area contributed by atoms with E-state index in [0.29, 0.717) is 5.56 Å². The predicted octanol–water partition coefficient (Wildman–Crippen LogP) is 1.75. The van der Waals surface area contributed by atoms with E-state index in [2.05, 4.69) is 5.10 Å². The van der Waals surface area contributed by atoms with Gasteiger partial charge in [-0.15, -0.1) is 5.10 Å². The van der Waals surface area contributed by atoms with Gasteiger partial charge in [0.1, 0.15) is 11.9 Å². The summed E-state index contributed by atoms with van der Waals surface area (Å²) in [6.07, 6.45) is 0.978. The van der Waals surface area contributed by atoms with E-state index in [1.165, 1.54) is 24.0 Å². The van der Waals surface area contributed by atoms with Crippen LogP contribution in [0, 0.1) is 10.1 Å². The smallest absolute Gasteiger partial charge is 0.350 e. The Morgan fingerprint density at radius 3 is 2.85 bits per heavy atom. The van der Waals surface area contributed by atoms with Crippen LogP contribution >= 0.6 is 0 Å². The molecular formula is C12H11N3O5. The molecule has 0 aliphatic heterocycles. The average molecular weight is 277 g/mol. The van der Waals surface area contributed by atoms with Crippen LogP contribution < -0.4 is 4.74 Å². The van der Waals surface area contributed by atoms with Crippen molar-refractivity contribution in [2.45, 2.75) is 6.42 Å². The Morgan fingerprint density at radius 1 is 1.50 bits per heavy atom. The summed E-state index contributed by atoms with van der Waals surface area (Å²) in [4.78, 5) is 21.0. The van der Waals surface area contributed by atoms with Crippen LogP contribution in [0.25, 0.3) is 0 Å². The number of carboxylic acids is 1. The number of ether oxygens (including phenoxy) is 1. The molecule has 0 fully saturated rings. The highest BCUT2D eigenvalue weighted by Crippen LogP contribution is 2.31. The van der Waals surface area contributed by atoms with E-state index < -0.39 is 10.9 Å². The number of nitro groups is 1. The Balaban J connectivity index is 2.35. The summed E-state index contributed by atoms with van der Waals surface area (Å²) < 4.78 is 6.64. The van der Waals surface area contributed by atoms with E-state index in [0.717, 1.165) is 0 Å². The number of aromatic nitrogens is 2. The summed E-state index contributed by atoms with van der Waals surface area (Å²) >= 11 is 0. The second-order valence-electron chi connectivity index (χ2n) is 4.03. The highest BCUT2D eigenvalue weighted by atomic mass is 16.6. The van der Waals surface area contributed by atoms with Crippen molar-refractivity contribution in [3.05, 3.63) is 46.1 Å². The first-order chi connectivity index (χ1) is 9.47. The third-order valence-electron chi connectivity index (χ3n) is 2.49. The van der Waals surface area contributed by atoms with Gasteiger partial charge in [-0.3, -0.25) is 19.6 Å². The maximum absolute atomic E-state index is 10.9. The standard InChI is InChI=1S/C12H11N3O5/c1-14-7-9(15(18)19)12(13-14)20-10-5-3-2-4-8(10)6-11(16)17/h2-5,7H,6H2,1H3,(H,16,17). The van der Waals surface area contributed by atoms with Gasteiger partial charge in [-0.25, -0.2) is 0 Å². The molecular weight excluding hydrogens is 266 g/mol. The first-order valence-corrected chi connectivity index (χ1v) is 5.63. The van der Waals surface area contributed by atoms with E-state index in [9.17, 15) is 14.9 Å². The van der Waals surface area contributed by atoms with Crippen LogP contribution in [0.4, 0.5) is 5.69 Å². The number of para-hydroxylation sites is 1. The molecule has 1 aromatic heterocycles. The maximum atomic E-state index is 10.9. The molecule has 0 aliphatic carbocycles. The van der Waals surface area contributed by atoms with E-state index in [-0.39, 0.29) is 23.7 Å². The van der Waals surface area contributed by atoms with E-state index in [4.69, 9.17) is 9.84 Å². The molecule has 8 heteroatoms. The highest BCUT2D eigenvalue weighted by molar-refractivity contribution is 5.71. The van der Waals surface area contributed by atoms with Crippen LogP contribution in [0.5, 0.6) is 11.6 Å². The van der Waals surface area contributed by atoms with E-state index in [1.54, 1.807) is 18.2 Å². The van der Waals surface area contributed by atoms with Gasteiger partial charge in [0.25, 0.3) is 0 Å². The van der Waals surface area contributed by atoms with Gasteiger partial charge in [-0.1, -0.05) is 18.2 Å². The quantitative estimate of drug-likeness (QED) is 0.658. The summed E-state index contributed by atoms with van der Waals surface area (Å²) in [7, 11) is 1.53. The number of aryl methyl sites for hydroxylation is 1. The van der Waals surface area contributed by atoms with Crippen molar-refractivity contribution in [2.75, 3.05) is 0 Å². The highest BCUT2D eigenvalue weighted by Gasteiger charge is 2.21. The molecule has 0 aliphatic rings. The van der Waals surface area contributed by atoms with Crippen LogP contribution in [0.1, 0.15) is 5.56 Å². The fourth-order valence-electron chi connectivity index (χ4n) is 1.67. The van der Waals surface area contributed by atoms with Crippen LogP contribution in [-0.2, 0) is 18.3 Å². The summed E-state index contributed by atoms with van der Waals surface area (Å²) in [6, 6.07) is 6.43. The third kappa shape index (κ3) is 2.91. The second-order valence-corrected chi connectivity index (χ2v) is 4.03. The van der Waals surface area contributed by atoms with Crippen molar-refractivity contribution in [3.8, 4) is 11.6 Å². The van der Waals surface area contributed by atoms with Crippen LogP contribution in [0.15, 0.2) is 30.5 Å². The number of hydrogen-bond donors (Lipinski definition) is 1. The van der Waals surface area contributed by atoms with Crippen molar-refractivity contribution in [2.24, 2.45) is 7.05 Å². The van der Waals surface area contributed by atoms with Crippen molar-refractivity contribution >= 4 is 11.7 Å². The van der Waals surface area contributed by atoms with Crippen LogP contribution in [0.2, 0.25) is 0 Å². The Hall–Kier alpha value is -2.90. The molecule has 8 nitrogen and oxygen atoms in total. The number of benzene rings is 1. The number of rotatable bonds is 5. The fraction of sp³-hybridized carbons (Fsp3) is 0.167. The first kappa shape index (κ1) is 13.5. The molecule has 2 aromatic rings. The minimum atomic E-state index is -1.02. The molecule has 0 radical (unpaired) electrons. The molecule has 1 heterocycles. The molecule has 0 atom stereocenters. The molecule has 0 spiro atoms. The molecule has 2 rings (SSSR count). The lowest BCUT2D eigenvalue weighted by Gasteiger charge is -2.06. The predicted molar refractivity (Wildman–Crippen MR) is 67.7 cm³/mol. The fourth-order valence-corrected chi connectivity index (χ4v) is 1.67. The minimum Gasteiger partial charge on any atom is -0.481 e. The molecule has 0 bridgehead atoms. The zero-order chi connectivity index (χ0) is 14.7. The van der Waals surface area contributed by atoms with Crippen molar-refractivity contribution in [1.29, 1.82) is 0 Å². The topological polar surface area (TPSA) is 107 Å². The second kappa shape index (κ2) is 5.39. The maximum Gasteiger partial charge on any atom is 0.350 e. The Morgan fingerprint density at radius 2 is 2.20 bits per heavy atom. The largest absolute Gasteiger partial charge is 0.481 e. The van der Waals surface area contributed by atoms with Gasteiger partial charge >= 0.3 is 17.5 Å². The lowest BCUT2D eigenvalue weighted by atomic mass is 10.1. The van der Waals surface area contributed by atoms with Gasteiger partial charge < -0.3 is 9.84 Å². The molecule has 104 valence electrons. The summed E-state index contributed by atoms with van der Waals surface area (Å²) in [5, 5.41) is 23.5. The molecule has 20 heavy (non-hydrogen) atoms. The summed E-state index contributed by atoms with van der Waals surface area (Å²) in [5.74, 6) is -0.955. The Kier molecular flexibility index (Phi) is 3.65. The van der Waals surface area contributed by atoms with E-state index in [1.807, 2.05) is 0 Å². The summed E-state index contributed by atoms with van der Waals surface area (Å²) in [6.45, 7) is 0. The first-order valence-electron chi connectivity index (χ1n) is 5.63. The molecule has 1 N–H and O–H groups in total. The minimum absolute atomic E-state index is 0.171. The van der Waals surface area contributed by atoms with E-state index >= 15 is 0 Å². The van der Waals surface area contributed by atoms with Gasteiger partial charge in [0, 0.05) is 12.6 Å². The van der Waals surface area contributed by atoms with Crippen molar-refractivity contribution < 1.29 is 19.6 Å². The average Bonchev–Trinajstić information content (AvgIpc) is 2.72. The van der Waals surface area contributed by atoms with Gasteiger partial charge in [-0.05, 0) is 6.07 Å². The molecule has 0 unspecified atom stereocenters. The van der Waals surface area contributed by atoms with Gasteiger partial charge in [0.15, 0.2) is 0 Å². The molecule has 0 amide bonds. The lowest BCUT2D eigenvalue weighted by Crippen LogP contribution is -2.02. The van der Waals surface area contributed by atoms with Crippen molar-refractivity contribution in [3.63, 3.8) is 0 Å². The van der Waals surface area contributed by atoms with Crippen molar-refractivity contribution in [1.82, 2.24) is 9.78 Å². The van der Waals surface area contributed by atoms with Crippen LogP contribution in [-0.4, -0.2) is 25.8 Å². The molecule has 0 saturated heterocycles. The monoisotopic (exact) mass is 277 g/mol. The van der Waals surface area contributed by atoms with Crippen LogP contribution in [0.3, 0.4) is 0 Å². The summed E-state index contributed by atoms with van der Waals surface area (Å²) in [5.41, 5.74) is 0.137. The molecule has 0 saturated carbocycles. The van der Waals surface area contributed by atoms with Gasteiger partial charge in [0.2, 0.25) is 0 Å². The van der Waals surface area contributed by atoms with Gasteiger partial charge in [-0.2, -0.15) is 0 Å². The zero-order valence-electron chi connectivity index (χ0n) is 10.5. The van der Waals surface area contributed by atoms with Gasteiger partial charge in [0.05, 0.1) is 11.3 Å². The third-order valence-corrected chi connectivity index (χ3v) is 2.49. The lowest BCUT2D eigenvalue weighted by molar-refractivity contribution is -0.385. The SMILES string of the molecule is Cn1cc([N+](=O)[O-])c(Oc2ccccc2CC(=O)O)n1. The number of hydrogen-bond acceptors (Lipinski definition) is 5. The number of nitrogens with zero attached hydrogens (tertiary/aromatic N) is 3. The normalized spacial score (nSPS) is 10.2. The Labute approximate surface area is 113 Å².